The molecule has 1 aliphatic heterocycles. The first kappa shape index (κ1) is 10.9. The quantitative estimate of drug-likeness (QED) is 0.703. The van der Waals surface area contributed by atoms with Crippen LogP contribution >= 0.6 is 0 Å². The number of rotatable bonds is 2. The Hall–Kier alpha value is -0.610. The minimum absolute atomic E-state index is 0.220. The third-order valence-electron chi connectivity index (χ3n) is 4.03. The predicted octanol–water partition coefficient (Wildman–Crippen LogP) is 0.554. The highest BCUT2D eigenvalue weighted by Crippen LogP contribution is 2.50. The van der Waals surface area contributed by atoms with Gasteiger partial charge in [0.25, 0.3) is 0 Å². The van der Waals surface area contributed by atoms with Gasteiger partial charge in [-0.2, -0.15) is 0 Å². The minimum Gasteiger partial charge on any atom is -0.481 e. The number of carboxylic acids is 1. The molecule has 15 heavy (non-hydrogen) atoms. The number of likely N-dealkylation sites (tertiary alicyclic amines) is 1. The van der Waals surface area contributed by atoms with Gasteiger partial charge in [-0.1, -0.05) is 0 Å². The molecular formula is C11H19NO3. The molecule has 1 atom stereocenters. The van der Waals surface area contributed by atoms with Crippen LogP contribution in [0, 0.1) is 11.3 Å². The molecule has 1 unspecified atom stereocenters. The molecule has 2 aliphatic rings. The number of carboxylic acid groups (broad SMARTS) is 1. The fraction of sp³-hybridized carbons (Fsp3) is 0.909. The lowest BCUT2D eigenvalue weighted by molar-refractivity contribution is -0.173. The number of hydrogen-bond donors (Lipinski definition) is 2. The van der Waals surface area contributed by atoms with Gasteiger partial charge in [-0.3, -0.25) is 4.79 Å². The molecule has 0 bridgehead atoms. The molecule has 1 aliphatic carbocycles. The normalized spacial score (nSPS) is 42.3. The number of aliphatic carboxylic acids is 1. The molecule has 0 aromatic heterocycles. The molecule has 0 radical (unpaired) electrons. The van der Waals surface area contributed by atoms with Gasteiger partial charge in [-0.25, -0.2) is 0 Å². The molecule has 1 saturated carbocycles. The molecule has 2 fully saturated rings. The zero-order valence-electron chi connectivity index (χ0n) is 9.15. The molecule has 0 aromatic carbocycles. The summed E-state index contributed by atoms with van der Waals surface area (Å²) in [6, 6.07) is 0. The molecular weight excluding hydrogens is 194 g/mol. The Balaban J connectivity index is 2.08. The summed E-state index contributed by atoms with van der Waals surface area (Å²) in [6.45, 7) is 1.92. The molecule has 4 nitrogen and oxygen atoms in total. The molecule has 2 rings (SSSR count). The number of piperidine rings is 1. The van der Waals surface area contributed by atoms with Crippen molar-refractivity contribution in [3.63, 3.8) is 0 Å². The SMILES string of the molecule is CN1CCCC(C2(C(=O)O)CC(O)C2)C1. The van der Waals surface area contributed by atoms with Crippen LogP contribution in [-0.2, 0) is 4.79 Å². The first-order valence-electron chi connectivity index (χ1n) is 5.64. The van der Waals surface area contributed by atoms with Gasteiger partial charge in [0.1, 0.15) is 0 Å². The van der Waals surface area contributed by atoms with Crippen LogP contribution in [0.2, 0.25) is 0 Å². The fourth-order valence-electron chi connectivity index (χ4n) is 3.08. The van der Waals surface area contributed by atoms with E-state index in [1.807, 2.05) is 7.05 Å². The number of aliphatic hydroxyl groups excluding tert-OH is 1. The average Bonchev–Trinajstić information content (AvgIpc) is 2.12. The van der Waals surface area contributed by atoms with Gasteiger partial charge < -0.3 is 15.1 Å². The summed E-state index contributed by atoms with van der Waals surface area (Å²) in [6.07, 6.45) is 2.56. The molecule has 0 amide bonds. The summed E-state index contributed by atoms with van der Waals surface area (Å²) < 4.78 is 0. The Morgan fingerprint density at radius 3 is 2.60 bits per heavy atom. The Bertz CT molecular complexity index is 261. The summed E-state index contributed by atoms with van der Waals surface area (Å²) in [5, 5.41) is 18.7. The van der Waals surface area contributed by atoms with E-state index < -0.39 is 17.5 Å². The second kappa shape index (κ2) is 3.76. The van der Waals surface area contributed by atoms with Gasteiger partial charge in [0.15, 0.2) is 0 Å². The molecule has 2 N–H and O–H groups in total. The van der Waals surface area contributed by atoms with Crippen LogP contribution in [0.3, 0.4) is 0 Å². The highest BCUT2D eigenvalue weighted by molar-refractivity contribution is 5.76. The van der Waals surface area contributed by atoms with E-state index in [-0.39, 0.29) is 5.92 Å². The zero-order chi connectivity index (χ0) is 11.1. The van der Waals surface area contributed by atoms with Crippen molar-refractivity contribution in [2.24, 2.45) is 11.3 Å². The Kier molecular flexibility index (Phi) is 2.73. The van der Waals surface area contributed by atoms with Crippen molar-refractivity contribution in [2.45, 2.75) is 31.8 Å². The first-order valence-corrected chi connectivity index (χ1v) is 5.64. The highest BCUT2D eigenvalue weighted by atomic mass is 16.4. The van der Waals surface area contributed by atoms with Crippen molar-refractivity contribution in [1.82, 2.24) is 4.90 Å². The Morgan fingerprint density at radius 2 is 2.13 bits per heavy atom. The molecule has 1 heterocycles. The smallest absolute Gasteiger partial charge is 0.310 e. The predicted molar refractivity (Wildman–Crippen MR) is 55.5 cm³/mol. The molecule has 0 spiro atoms. The maximum atomic E-state index is 11.3. The van der Waals surface area contributed by atoms with Gasteiger partial charge in [-0.05, 0) is 45.2 Å². The largest absolute Gasteiger partial charge is 0.481 e. The van der Waals surface area contributed by atoms with E-state index in [2.05, 4.69) is 4.90 Å². The van der Waals surface area contributed by atoms with Crippen molar-refractivity contribution < 1.29 is 15.0 Å². The van der Waals surface area contributed by atoms with Crippen LogP contribution in [0.15, 0.2) is 0 Å². The van der Waals surface area contributed by atoms with Crippen molar-refractivity contribution >= 4 is 5.97 Å². The van der Waals surface area contributed by atoms with E-state index in [0.717, 1.165) is 25.9 Å². The van der Waals surface area contributed by atoms with Crippen LogP contribution in [-0.4, -0.2) is 47.3 Å². The van der Waals surface area contributed by atoms with Gasteiger partial charge in [0.2, 0.25) is 0 Å². The second-order valence-corrected chi connectivity index (χ2v) is 5.12. The third-order valence-corrected chi connectivity index (χ3v) is 4.03. The van der Waals surface area contributed by atoms with Crippen molar-refractivity contribution in [1.29, 1.82) is 0 Å². The van der Waals surface area contributed by atoms with Crippen LogP contribution in [0.5, 0.6) is 0 Å². The molecule has 0 aromatic rings. The lowest BCUT2D eigenvalue weighted by Crippen LogP contribution is -2.55. The summed E-state index contributed by atoms with van der Waals surface area (Å²) in [7, 11) is 2.04. The monoisotopic (exact) mass is 213 g/mol. The maximum Gasteiger partial charge on any atom is 0.310 e. The first-order chi connectivity index (χ1) is 7.04. The minimum atomic E-state index is -0.715. The van der Waals surface area contributed by atoms with Gasteiger partial charge in [-0.15, -0.1) is 0 Å². The molecule has 86 valence electrons. The number of carbonyl (C=O) groups is 1. The van der Waals surface area contributed by atoms with Gasteiger partial charge >= 0.3 is 5.97 Å². The Morgan fingerprint density at radius 1 is 1.47 bits per heavy atom. The highest BCUT2D eigenvalue weighted by Gasteiger charge is 2.55. The lowest BCUT2D eigenvalue weighted by atomic mass is 9.58. The lowest BCUT2D eigenvalue weighted by Gasteiger charge is -2.49. The molecule has 4 heteroatoms. The zero-order valence-corrected chi connectivity index (χ0v) is 9.15. The summed E-state index contributed by atoms with van der Waals surface area (Å²) in [5.74, 6) is -0.495. The van der Waals surface area contributed by atoms with Crippen LogP contribution < -0.4 is 0 Å². The van der Waals surface area contributed by atoms with E-state index >= 15 is 0 Å². The number of hydrogen-bond acceptors (Lipinski definition) is 3. The second-order valence-electron chi connectivity index (χ2n) is 5.12. The maximum absolute atomic E-state index is 11.3. The molecule has 1 saturated heterocycles. The standard InChI is InChI=1S/C11H19NO3/c1-12-4-2-3-8(7-12)11(10(14)15)5-9(13)6-11/h8-9,13H,2-7H2,1H3,(H,14,15). The van der Waals surface area contributed by atoms with Gasteiger partial charge in [0.05, 0.1) is 11.5 Å². The summed E-state index contributed by atoms with van der Waals surface area (Å²) in [5.41, 5.74) is -0.631. The van der Waals surface area contributed by atoms with Gasteiger partial charge in [0, 0.05) is 6.54 Å². The van der Waals surface area contributed by atoms with E-state index in [1.54, 1.807) is 0 Å². The van der Waals surface area contributed by atoms with Crippen LogP contribution in [0.4, 0.5) is 0 Å². The van der Waals surface area contributed by atoms with E-state index in [0.29, 0.717) is 12.8 Å². The van der Waals surface area contributed by atoms with Crippen molar-refractivity contribution in [3.05, 3.63) is 0 Å². The number of nitrogens with zero attached hydrogens (tertiary/aromatic N) is 1. The summed E-state index contributed by atoms with van der Waals surface area (Å²) >= 11 is 0. The van der Waals surface area contributed by atoms with Crippen LogP contribution in [0.1, 0.15) is 25.7 Å². The topological polar surface area (TPSA) is 60.8 Å². The Labute approximate surface area is 89.9 Å². The van der Waals surface area contributed by atoms with E-state index in [4.69, 9.17) is 0 Å². The third kappa shape index (κ3) is 1.76. The van der Waals surface area contributed by atoms with E-state index in [1.165, 1.54) is 0 Å². The fourth-order valence-corrected chi connectivity index (χ4v) is 3.08. The van der Waals surface area contributed by atoms with Crippen LogP contribution in [0.25, 0.3) is 0 Å². The van der Waals surface area contributed by atoms with Crippen molar-refractivity contribution in [3.8, 4) is 0 Å². The summed E-state index contributed by atoms with van der Waals surface area (Å²) in [4.78, 5) is 13.5. The van der Waals surface area contributed by atoms with Crippen molar-refractivity contribution in [2.75, 3.05) is 20.1 Å². The van der Waals surface area contributed by atoms with E-state index in [9.17, 15) is 15.0 Å². The average molecular weight is 213 g/mol. The number of aliphatic hydroxyl groups is 1.